The second-order valence-electron chi connectivity index (χ2n) is 3.02. The van der Waals surface area contributed by atoms with Gasteiger partial charge in [-0.3, -0.25) is 0 Å². The summed E-state index contributed by atoms with van der Waals surface area (Å²) in [4.78, 5) is 0. The summed E-state index contributed by atoms with van der Waals surface area (Å²) in [5.74, 6) is 0. The van der Waals surface area contributed by atoms with Crippen LogP contribution in [0.15, 0.2) is 0 Å². The summed E-state index contributed by atoms with van der Waals surface area (Å²) in [6.07, 6.45) is -3.85. The molecule has 1 rings (SSSR count). The third kappa shape index (κ3) is 1.98. The third-order valence-electron chi connectivity index (χ3n) is 2.17. The molecule has 1 heterocycles. The summed E-state index contributed by atoms with van der Waals surface area (Å²) in [6, 6.07) is -0.865. The molecule has 0 aliphatic carbocycles. The van der Waals surface area contributed by atoms with E-state index in [0.29, 0.717) is 0 Å². The minimum absolute atomic E-state index is 0.360. The van der Waals surface area contributed by atoms with Crippen LogP contribution in [0.5, 0.6) is 0 Å². The van der Waals surface area contributed by atoms with E-state index in [1.165, 1.54) is 7.11 Å². The fourth-order valence-corrected chi connectivity index (χ4v) is 1.31. The molecule has 1 saturated heterocycles. The Morgan fingerprint density at radius 1 is 1.38 bits per heavy atom. The van der Waals surface area contributed by atoms with Crippen LogP contribution in [0.3, 0.4) is 0 Å². The van der Waals surface area contributed by atoms with Gasteiger partial charge in [0.1, 0.15) is 18.3 Å². The van der Waals surface area contributed by atoms with E-state index in [2.05, 4.69) is 0 Å². The van der Waals surface area contributed by atoms with Crippen LogP contribution < -0.4 is 5.73 Å². The first-order valence-corrected chi connectivity index (χ1v) is 4.02. The van der Waals surface area contributed by atoms with Crippen LogP contribution in [0, 0.1) is 0 Å². The quantitative estimate of drug-likeness (QED) is 0.383. The number of methoxy groups -OCH3 is 1. The second kappa shape index (κ2) is 4.32. The maximum Gasteiger partial charge on any atom is 0.185 e. The molecule has 5 N–H and O–H groups in total. The number of rotatable bonds is 2. The van der Waals surface area contributed by atoms with Crippen molar-refractivity contribution in [1.29, 1.82) is 0 Å². The van der Waals surface area contributed by atoms with Gasteiger partial charge < -0.3 is 30.5 Å². The Bertz CT molecular complexity index is 147. The van der Waals surface area contributed by atoms with Crippen molar-refractivity contribution in [2.75, 3.05) is 13.7 Å². The average molecular weight is 193 g/mol. The van der Waals surface area contributed by atoms with Crippen LogP contribution in [0.25, 0.3) is 0 Å². The van der Waals surface area contributed by atoms with Gasteiger partial charge >= 0.3 is 0 Å². The van der Waals surface area contributed by atoms with E-state index in [1.54, 1.807) is 0 Å². The highest BCUT2D eigenvalue weighted by Gasteiger charge is 2.42. The van der Waals surface area contributed by atoms with Crippen molar-refractivity contribution in [3.8, 4) is 0 Å². The van der Waals surface area contributed by atoms with E-state index in [9.17, 15) is 10.2 Å². The van der Waals surface area contributed by atoms with E-state index >= 15 is 0 Å². The molecule has 6 nitrogen and oxygen atoms in total. The number of hydrogen-bond acceptors (Lipinski definition) is 6. The SMILES string of the molecule is CO[C@@H]1O[C@H](CO)[C@H](O)[C@H](N)[C@@H]1O. The average Bonchev–Trinajstić information content (AvgIpc) is 2.15. The Morgan fingerprint density at radius 2 is 2.00 bits per heavy atom. The summed E-state index contributed by atoms with van der Waals surface area (Å²) < 4.78 is 9.81. The number of hydrogen-bond donors (Lipinski definition) is 4. The standard InChI is InChI=1S/C7H15NO5/c1-12-7-6(11)4(8)5(10)3(2-9)13-7/h3-7,9-11H,2,8H2,1H3/t3-,4+,5+,6+,7-/m1/s1. The van der Waals surface area contributed by atoms with Crippen molar-refractivity contribution in [1.82, 2.24) is 0 Å². The normalized spacial score (nSPS) is 46.4. The summed E-state index contributed by atoms with van der Waals surface area (Å²) >= 11 is 0. The summed E-state index contributed by atoms with van der Waals surface area (Å²) in [5.41, 5.74) is 5.48. The van der Waals surface area contributed by atoms with Crippen molar-refractivity contribution in [2.45, 2.75) is 30.6 Å². The third-order valence-corrected chi connectivity index (χ3v) is 2.17. The van der Waals surface area contributed by atoms with Crippen LogP contribution in [-0.2, 0) is 9.47 Å². The van der Waals surface area contributed by atoms with Gasteiger partial charge in [0.25, 0.3) is 0 Å². The Kier molecular flexibility index (Phi) is 3.60. The lowest BCUT2D eigenvalue weighted by molar-refractivity contribution is -0.267. The summed E-state index contributed by atoms with van der Waals surface area (Å²) in [7, 11) is 1.35. The fraction of sp³-hybridized carbons (Fsp3) is 1.00. The van der Waals surface area contributed by atoms with E-state index in [0.717, 1.165) is 0 Å². The van der Waals surface area contributed by atoms with Crippen LogP contribution >= 0.6 is 0 Å². The van der Waals surface area contributed by atoms with Crippen LogP contribution in [0.2, 0.25) is 0 Å². The van der Waals surface area contributed by atoms with Gasteiger partial charge in [-0.1, -0.05) is 0 Å². The first kappa shape index (κ1) is 10.8. The predicted octanol–water partition coefficient (Wildman–Crippen LogP) is -2.60. The Labute approximate surface area is 75.9 Å². The van der Waals surface area contributed by atoms with Gasteiger partial charge in [0.05, 0.1) is 12.6 Å². The summed E-state index contributed by atoms with van der Waals surface area (Å²) in [6.45, 7) is -0.360. The molecular formula is C7H15NO5. The maximum atomic E-state index is 9.40. The van der Waals surface area contributed by atoms with Gasteiger partial charge in [0.2, 0.25) is 0 Å². The number of aliphatic hydroxyl groups excluding tert-OH is 3. The van der Waals surface area contributed by atoms with Gasteiger partial charge in [-0.05, 0) is 0 Å². The molecule has 0 spiro atoms. The summed E-state index contributed by atoms with van der Waals surface area (Å²) in [5, 5.41) is 27.6. The molecule has 0 saturated carbocycles. The zero-order valence-corrected chi connectivity index (χ0v) is 7.33. The monoisotopic (exact) mass is 193 g/mol. The molecule has 0 aromatic carbocycles. The highest BCUT2D eigenvalue weighted by molar-refractivity contribution is 4.91. The molecule has 0 amide bonds. The minimum Gasteiger partial charge on any atom is -0.394 e. The molecule has 0 aromatic heterocycles. The van der Waals surface area contributed by atoms with Crippen LogP contribution in [0.1, 0.15) is 0 Å². The smallest absolute Gasteiger partial charge is 0.185 e. The lowest BCUT2D eigenvalue weighted by Gasteiger charge is -2.39. The molecule has 5 atom stereocenters. The lowest BCUT2D eigenvalue weighted by atomic mass is 9.97. The van der Waals surface area contributed by atoms with Gasteiger partial charge in [-0.2, -0.15) is 0 Å². The predicted molar refractivity (Wildman–Crippen MR) is 42.7 cm³/mol. The molecular weight excluding hydrogens is 178 g/mol. The molecule has 6 heteroatoms. The van der Waals surface area contributed by atoms with E-state index < -0.39 is 30.6 Å². The van der Waals surface area contributed by atoms with Gasteiger partial charge in [-0.25, -0.2) is 0 Å². The van der Waals surface area contributed by atoms with Gasteiger partial charge in [-0.15, -0.1) is 0 Å². The first-order chi connectivity index (χ1) is 6.11. The molecule has 0 unspecified atom stereocenters. The van der Waals surface area contributed by atoms with Crippen molar-refractivity contribution < 1.29 is 24.8 Å². The number of aliphatic hydroxyl groups is 3. The van der Waals surface area contributed by atoms with E-state index in [1.807, 2.05) is 0 Å². The molecule has 0 bridgehead atoms. The Balaban J connectivity index is 2.66. The maximum absolute atomic E-state index is 9.40. The molecule has 13 heavy (non-hydrogen) atoms. The topological polar surface area (TPSA) is 105 Å². The van der Waals surface area contributed by atoms with Gasteiger partial charge in [0, 0.05) is 7.11 Å². The van der Waals surface area contributed by atoms with Crippen LogP contribution in [0.4, 0.5) is 0 Å². The highest BCUT2D eigenvalue weighted by atomic mass is 16.7. The van der Waals surface area contributed by atoms with Crippen molar-refractivity contribution in [3.05, 3.63) is 0 Å². The molecule has 1 aliphatic rings. The molecule has 0 radical (unpaired) electrons. The number of nitrogens with two attached hydrogens (primary N) is 1. The fourth-order valence-electron chi connectivity index (χ4n) is 1.31. The molecule has 1 fully saturated rings. The first-order valence-electron chi connectivity index (χ1n) is 4.02. The van der Waals surface area contributed by atoms with Crippen molar-refractivity contribution in [2.24, 2.45) is 5.73 Å². The minimum atomic E-state index is -1.08. The Hall–Kier alpha value is -0.240. The zero-order valence-electron chi connectivity index (χ0n) is 7.33. The lowest BCUT2D eigenvalue weighted by Crippen LogP contribution is -2.62. The van der Waals surface area contributed by atoms with Crippen LogP contribution in [-0.4, -0.2) is 59.7 Å². The molecule has 78 valence electrons. The second-order valence-corrected chi connectivity index (χ2v) is 3.02. The highest BCUT2D eigenvalue weighted by Crippen LogP contribution is 2.19. The van der Waals surface area contributed by atoms with Crippen molar-refractivity contribution in [3.63, 3.8) is 0 Å². The zero-order chi connectivity index (χ0) is 10.0. The molecule has 1 aliphatic heterocycles. The Morgan fingerprint density at radius 3 is 2.46 bits per heavy atom. The molecule has 0 aromatic rings. The number of ether oxygens (including phenoxy) is 2. The van der Waals surface area contributed by atoms with E-state index in [-0.39, 0.29) is 6.61 Å². The largest absolute Gasteiger partial charge is 0.394 e. The van der Waals surface area contributed by atoms with E-state index in [4.69, 9.17) is 20.3 Å². The van der Waals surface area contributed by atoms with Gasteiger partial charge in [0.15, 0.2) is 6.29 Å². The van der Waals surface area contributed by atoms with Crippen molar-refractivity contribution >= 4 is 0 Å².